The van der Waals surface area contributed by atoms with Gasteiger partial charge in [0.1, 0.15) is 0 Å². The lowest BCUT2D eigenvalue weighted by Gasteiger charge is -2.25. The summed E-state index contributed by atoms with van der Waals surface area (Å²) in [6.07, 6.45) is 0. The highest BCUT2D eigenvalue weighted by molar-refractivity contribution is 6.23. The van der Waals surface area contributed by atoms with Gasteiger partial charge in [-0.15, -0.1) is 0 Å². The van der Waals surface area contributed by atoms with Crippen LogP contribution in [0.4, 0.5) is 0 Å². The van der Waals surface area contributed by atoms with E-state index in [4.69, 9.17) is 0 Å². The van der Waals surface area contributed by atoms with Crippen LogP contribution in [0.5, 0.6) is 0 Å². The molecule has 9 aromatic carbocycles. The zero-order valence-electron chi connectivity index (χ0n) is 32.7. The Morgan fingerprint density at radius 2 is 0.737 bits per heavy atom. The average Bonchev–Trinajstić information content (AvgIpc) is 3.78. The van der Waals surface area contributed by atoms with Gasteiger partial charge in [-0.1, -0.05) is 155 Å². The van der Waals surface area contributed by atoms with Crippen LogP contribution in [0, 0.1) is 0 Å². The molecule has 0 radical (unpaired) electrons. The van der Waals surface area contributed by atoms with Gasteiger partial charge in [0, 0.05) is 27.3 Å². The van der Waals surface area contributed by atoms with Crippen LogP contribution in [0.2, 0.25) is 0 Å². The van der Waals surface area contributed by atoms with E-state index in [9.17, 15) is 0 Å². The van der Waals surface area contributed by atoms with Gasteiger partial charge < -0.3 is 4.57 Å². The standard InChI is InChI=1S/C56H41N/c1-55(2)47-24-14-11-21-37(47)41-30-43-45(32-49(41)55)54(35-19-9-6-10-20-35)46-33-50-42(31-44(46)53(43)34-17-7-5-8-18-34)38-28-27-36(29-48(38)56(50,3)4)57-51-25-15-12-22-39(51)40-23-13-16-26-52(40)57/h5-33H,1-4H3. The molecule has 2 aliphatic rings. The summed E-state index contributed by atoms with van der Waals surface area (Å²) in [6, 6.07) is 66.2. The van der Waals surface area contributed by atoms with Crippen molar-refractivity contribution >= 4 is 43.4 Å². The maximum atomic E-state index is 2.56. The molecule has 1 heteroatoms. The Morgan fingerprint density at radius 1 is 0.316 bits per heavy atom. The van der Waals surface area contributed by atoms with Crippen LogP contribution in [0.3, 0.4) is 0 Å². The summed E-state index contributed by atoms with van der Waals surface area (Å²) < 4.78 is 2.45. The number of hydrogen-bond acceptors (Lipinski definition) is 0. The molecular formula is C56H41N. The lowest BCUT2D eigenvalue weighted by Crippen LogP contribution is -2.15. The van der Waals surface area contributed by atoms with Crippen LogP contribution >= 0.6 is 0 Å². The Balaban J connectivity index is 1.19. The Kier molecular flexibility index (Phi) is 6.53. The molecule has 57 heavy (non-hydrogen) atoms. The van der Waals surface area contributed by atoms with Crippen LogP contribution < -0.4 is 0 Å². The van der Waals surface area contributed by atoms with E-state index in [1.165, 1.54) is 116 Å². The molecule has 0 saturated heterocycles. The second-order valence-corrected chi connectivity index (χ2v) is 17.3. The molecule has 1 aromatic heterocycles. The minimum atomic E-state index is -0.217. The molecule has 1 heterocycles. The number of fused-ring (bicyclic) bond motifs is 11. The zero-order chi connectivity index (χ0) is 38.2. The van der Waals surface area contributed by atoms with Crippen LogP contribution in [-0.4, -0.2) is 4.57 Å². The molecule has 0 fully saturated rings. The predicted molar refractivity (Wildman–Crippen MR) is 242 cm³/mol. The normalized spacial score (nSPS) is 14.6. The summed E-state index contributed by atoms with van der Waals surface area (Å²) >= 11 is 0. The average molecular weight is 728 g/mol. The van der Waals surface area contributed by atoms with E-state index in [1.807, 2.05) is 0 Å². The summed E-state index contributed by atoms with van der Waals surface area (Å²) in [6.45, 7) is 9.64. The third-order valence-electron chi connectivity index (χ3n) is 13.6. The summed E-state index contributed by atoms with van der Waals surface area (Å²) in [5, 5.41) is 7.80. The Labute approximate surface area is 333 Å². The van der Waals surface area contributed by atoms with Crippen LogP contribution in [-0.2, 0) is 10.8 Å². The van der Waals surface area contributed by atoms with Gasteiger partial charge >= 0.3 is 0 Å². The van der Waals surface area contributed by atoms with Crippen molar-refractivity contribution in [3.05, 3.63) is 198 Å². The van der Waals surface area contributed by atoms with Crippen molar-refractivity contribution in [2.24, 2.45) is 0 Å². The molecule has 0 bridgehead atoms. The molecule has 0 spiro atoms. The maximum absolute atomic E-state index is 2.56. The molecule has 0 N–H and O–H groups in total. The number of nitrogens with zero attached hydrogens (tertiary/aromatic N) is 1. The molecule has 270 valence electrons. The molecular weight excluding hydrogens is 687 g/mol. The largest absolute Gasteiger partial charge is 0.309 e. The highest BCUT2D eigenvalue weighted by Crippen LogP contribution is 2.56. The van der Waals surface area contributed by atoms with E-state index in [0.29, 0.717) is 0 Å². The van der Waals surface area contributed by atoms with Crippen molar-refractivity contribution in [3.63, 3.8) is 0 Å². The molecule has 10 aromatic rings. The van der Waals surface area contributed by atoms with Crippen molar-refractivity contribution in [1.82, 2.24) is 4.57 Å². The van der Waals surface area contributed by atoms with Crippen molar-refractivity contribution < 1.29 is 0 Å². The van der Waals surface area contributed by atoms with Gasteiger partial charge in [-0.25, -0.2) is 0 Å². The fourth-order valence-electron chi connectivity index (χ4n) is 10.8. The van der Waals surface area contributed by atoms with Crippen molar-refractivity contribution in [2.45, 2.75) is 38.5 Å². The number of para-hydroxylation sites is 2. The molecule has 12 rings (SSSR count). The molecule has 2 aliphatic carbocycles. The third-order valence-corrected chi connectivity index (χ3v) is 13.6. The van der Waals surface area contributed by atoms with E-state index < -0.39 is 0 Å². The van der Waals surface area contributed by atoms with Gasteiger partial charge in [0.25, 0.3) is 0 Å². The van der Waals surface area contributed by atoms with Gasteiger partial charge in [-0.2, -0.15) is 0 Å². The summed E-state index contributed by atoms with van der Waals surface area (Å²) in [5.41, 5.74) is 19.4. The van der Waals surface area contributed by atoms with Gasteiger partial charge in [0.05, 0.1) is 11.0 Å². The lowest BCUT2D eigenvalue weighted by atomic mass is 9.78. The topological polar surface area (TPSA) is 4.93 Å². The SMILES string of the molecule is CC1(C)c2ccccc2-c2cc3c(-c4ccccc4)c4cc5c(cc4c(-c4ccccc4)c3cc21)C(C)(C)c1cc(-n2c3ccccc3c3ccccc32)ccc1-5. The van der Waals surface area contributed by atoms with Gasteiger partial charge in [0.15, 0.2) is 0 Å². The number of aromatic nitrogens is 1. The minimum absolute atomic E-state index is 0.106. The summed E-state index contributed by atoms with van der Waals surface area (Å²) in [5.74, 6) is 0. The lowest BCUT2D eigenvalue weighted by molar-refractivity contribution is 0.661. The van der Waals surface area contributed by atoms with Crippen LogP contribution in [0.1, 0.15) is 49.9 Å². The minimum Gasteiger partial charge on any atom is -0.309 e. The van der Waals surface area contributed by atoms with Crippen molar-refractivity contribution in [2.75, 3.05) is 0 Å². The maximum Gasteiger partial charge on any atom is 0.0541 e. The van der Waals surface area contributed by atoms with Crippen molar-refractivity contribution in [1.29, 1.82) is 0 Å². The first kappa shape index (κ1) is 32.5. The molecule has 0 aliphatic heterocycles. The fourth-order valence-corrected chi connectivity index (χ4v) is 10.8. The summed E-state index contributed by atoms with van der Waals surface area (Å²) in [7, 11) is 0. The van der Waals surface area contributed by atoms with Gasteiger partial charge in [0.2, 0.25) is 0 Å². The van der Waals surface area contributed by atoms with Gasteiger partial charge in [-0.3, -0.25) is 0 Å². The Morgan fingerprint density at radius 3 is 1.30 bits per heavy atom. The molecule has 0 saturated carbocycles. The monoisotopic (exact) mass is 727 g/mol. The first-order valence-electron chi connectivity index (χ1n) is 20.3. The van der Waals surface area contributed by atoms with E-state index >= 15 is 0 Å². The zero-order valence-corrected chi connectivity index (χ0v) is 32.7. The second-order valence-electron chi connectivity index (χ2n) is 17.3. The number of hydrogen-bond donors (Lipinski definition) is 0. The highest BCUT2D eigenvalue weighted by Gasteiger charge is 2.39. The predicted octanol–water partition coefficient (Wildman–Crippen LogP) is 15.0. The Hall–Kier alpha value is -6.70. The van der Waals surface area contributed by atoms with E-state index in [-0.39, 0.29) is 10.8 Å². The smallest absolute Gasteiger partial charge is 0.0541 e. The van der Waals surface area contributed by atoms with Crippen molar-refractivity contribution in [3.8, 4) is 50.2 Å². The molecule has 0 amide bonds. The number of benzene rings is 9. The fraction of sp³-hybridized carbons (Fsp3) is 0.107. The highest BCUT2D eigenvalue weighted by atomic mass is 15.0. The molecule has 0 unspecified atom stereocenters. The van der Waals surface area contributed by atoms with E-state index in [1.54, 1.807) is 0 Å². The van der Waals surface area contributed by atoms with Crippen LogP contribution in [0.15, 0.2) is 176 Å². The quantitative estimate of drug-likeness (QED) is 0.160. The number of rotatable bonds is 3. The molecule has 0 atom stereocenters. The Bertz CT molecular complexity index is 3270. The summed E-state index contributed by atoms with van der Waals surface area (Å²) in [4.78, 5) is 0. The third kappa shape index (κ3) is 4.35. The molecule has 1 nitrogen and oxygen atoms in total. The second kappa shape index (κ2) is 11.4. The van der Waals surface area contributed by atoms with E-state index in [0.717, 1.165) is 0 Å². The van der Waals surface area contributed by atoms with E-state index in [2.05, 4.69) is 208 Å². The first-order valence-corrected chi connectivity index (χ1v) is 20.3. The van der Waals surface area contributed by atoms with Crippen LogP contribution in [0.25, 0.3) is 93.5 Å². The van der Waals surface area contributed by atoms with Gasteiger partial charge in [-0.05, 0) is 137 Å². The first-order chi connectivity index (χ1) is 27.8.